The first-order valence-corrected chi connectivity index (χ1v) is 6.38. The van der Waals surface area contributed by atoms with Crippen LogP contribution in [0.3, 0.4) is 0 Å². The second kappa shape index (κ2) is 4.07. The lowest BCUT2D eigenvalue weighted by Gasteiger charge is -2.08. The quantitative estimate of drug-likeness (QED) is 0.465. The summed E-state index contributed by atoms with van der Waals surface area (Å²) < 4.78 is 10.5. The van der Waals surface area contributed by atoms with Crippen LogP contribution in [0.1, 0.15) is 22.3 Å². The Bertz CT molecular complexity index is 897. The summed E-state index contributed by atoms with van der Waals surface area (Å²) in [6, 6.07) is 3.54. The van der Waals surface area contributed by atoms with Crippen LogP contribution in [-0.4, -0.2) is 0 Å². The van der Waals surface area contributed by atoms with Crippen LogP contribution in [0.15, 0.2) is 30.6 Å². The van der Waals surface area contributed by atoms with Crippen molar-refractivity contribution in [1.82, 2.24) is 0 Å². The summed E-state index contributed by atoms with van der Waals surface area (Å²) in [5, 5.41) is 1.73. The lowest BCUT2D eigenvalue weighted by molar-refractivity contribution is 0.542. The van der Waals surface area contributed by atoms with Crippen LogP contribution in [0.4, 0.5) is 0 Å². The van der Waals surface area contributed by atoms with E-state index in [1.165, 1.54) is 0 Å². The van der Waals surface area contributed by atoms with E-state index < -0.39 is 0 Å². The number of benzene rings is 1. The van der Waals surface area contributed by atoms with Gasteiger partial charge in [-0.3, -0.25) is 0 Å². The third-order valence-electron chi connectivity index (χ3n) is 4.03. The Hall–Kier alpha value is -2.36. The molecule has 0 spiro atoms. The molecule has 4 nitrogen and oxygen atoms in total. The van der Waals surface area contributed by atoms with Crippen molar-refractivity contribution in [3.63, 3.8) is 0 Å². The van der Waals surface area contributed by atoms with E-state index in [-0.39, 0.29) is 11.3 Å². The van der Waals surface area contributed by atoms with Crippen molar-refractivity contribution in [1.29, 1.82) is 0 Å². The largest absolute Gasteiger partial charge is 0.422 e. The normalized spacial score (nSPS) is 11.4. The van der Waals surface area contributed by atoms with E-state index in [1.807, 2.05) is 19.9 Å². The molecule has 0 aliphatic rings. The molecule has 1 aromatic carbocycles. The highest BCUT2D eigenvalue weighted by atomic mass is 16.4. The van der Waals surface area contributed by atoms with E-state index >= 15 is 0 Å². The predicted octanol–water partition coefficient (Wildman–Crippen LogP) is 3.13. The van der Waals surface area contributed by atoms with Crippen LogP contribution in [-0.2, 0) is 0 Å². The van der Waals surface area contributed by atoms with E-state index in [2.05, 4.69) is 0 Å². The molecule has 0 aliphatic carbocycles. The monoisotopic (exact) mass is 270 g/mol. The van der Waals surface area contributed by atoms with Crippen molar-refractivity contribution in [2.45, 2.75) is 27.7 Å². The van der Waals surface area contributed by atoms with E-state index in [0.717, 1.165) is 21.9 Å². The second-order valence-corrected chi connectivity index (χ2v) is 5.12. The zero-order valence-corrected chi connectivity index (χ0v) is 11.8. The Kier molecular flexibility index (Phi) is 2.57. The van der Waals surface area contributed by atoms with Gasteiger partial charge < -0.3 is 8.83 Å². The fourth-order valence-electron chi connectivity index (χ4n) is 2.38. The van der Waals surface area contributed by atoms with Gasteiger partial charge in [-0.05, 0) is 44.9 Å². The van der Waals surface area contributed by atoms with Gasteiger partial charge in [-0.25, -0.2) is 9.59 Å². The number of hydrogen-bond acceptors (Lipinski definition) is 4. The lowest BCUT2D eigenvalue weighted by atomic mass is 10.0. The summed E-state index contributed by atoms with van der Waals surface area (Å²) >= 11 is 0. The second-order valence-electron chi connectivity index (χ2n) is 5.12. The molecule has 0 saturated carbocycles. The molecule has 0 N–H and O–H groups in total. The zero-order valence-electron chi connectivity index (χ0n) is 11.8. The molecule has 3 rings (SSSR count). The van der Waals surface area contributed by atoms with Gasteiger partial charge in [-0.15, -0.1) is 0 Å². The maximum absolute atomic E-state index is 11.7. The van der Waals surface area contributed by atoms with Crippen molar-refractivity contribution in [2.75, 3.05) is 0 Å². The molecule has 3 aromatic rings. The molecule has 2 heterocycles. The maximum atomic E-state index is 11.7. The van der Waals surface area contributed by atoms with Crippen LogP contribution in [0, 0.1) is 27.7 Å². The first-order chi connectivity index (χ1) is 9.40. The molecule has 0 unspecified atom stereocenters. The van der Waals surface area contributed by atoms with E-state index in [9.17, 15) is 9.59 Å². The van der Waals surface area contributed by atoms with Gasteiger partial charge in [0.05, 0.1) is 0 Å². The fourth-order valence-corrected chi connectivity index (χ4v) is 2.38. The predicted molar refractivity (Wildman–Crippen MR) is 77.5 cm³/mol. The number of aryl methyl sites for hydroxylation is 2. The zero-order chi connectivity index (χ0) is 14.6. The molecule has 0 atom stereocenters. The summed E-state index contributed by atoms with van der Waals surface area (Å²) in [5.74, 6) is 0. The molecule has 2 aromatic heterocycles. The Morgan fingerprint density at radius 1 is 0.650 bits per heavy atom. The molecule has 102 valence electrons. The van der Waals surface area contributed by atoms with Crippen LogP contribution in [0.5, 0.6) is 0 Å². The Labute approximate surface area is 114 Å². The Morgan fingerprint density at radius 3 is 1.45 bits per heavy atom. The molecule has 4 heteroatoms. The SMILES string of the molecule is Cc1c(C)c2cc3c(C)c(C)c(=O)oc3cc2oc1=O. The minimum atomic E-state index is -0.361. The third-order valence-corrected chi connectivity index (χ3v) is 4.03. The molecule has 0 bridgehead atoms. The first kappa shape index (κ1) is 12.7. The third kappa shape index (κ3) is 1.61. The molecule has 0 saturated heterocycles. The topological polar surface area (TPSA) is 60.4 Å². The fraction of sp³-hybridized carbons (Fsp3) is 0.250. The summed E-state index contributed by atoms with van der Waals surface area (Å²) in [5.41, 5.74) is 3.14. The molecule has 0 amide bonds. The van der Waals surface area contributed by atoms with Crippen LogP contribution < -0.4 is 11.3 Å². The van der Waals surface area contributed by atoms with Gasteiger partial charge in [0.15, 0.2) is 0 Å². The van der Waals surface area contributed by atoms with Gasteiger partial charge in [-0.1, -0.05) is 0 Å². The highest BCUT2D eigenvalue weighted by Crippen LogP contribution is 2.27. The minimum absolute atomic E-state index is 0.361. The minimum Gasteiger partial charge on any atom is -0.422 e. The van der Waals surface area contributed by atoms with Crippen molar-refractivity contribution in [3.05, 3.63) is 55.2 Å². The number of fused-ring (bicyclic) bond motifs is 2. The highest BCUT2D eigenvalue weighted by Gasteiger charge is 2.13. The molecular weight excluding hydrogens is 256 g/mol. The average molecular weight is 270 g/mol. The van der Waals surface area contributed by atoms with Crippen molar-refractivity contribution < 1.29 is 8.83 Å². The van der Waals surface area contributed by atoms with Gasteiger partial charge in [-0.2, -0.15) is 0 Å². The van der Waals surface area contributed by atoms with Gasteiger partial charge in [0.1, 0.15) is 11.2 Å². The highest BCUT2D eigenvalue weighted by molar-refractivity contribution is 5.96. The number of hydrogen-bond donors (Lipinski definition) is 0. The van der Waals surface area contributed by atoms with E-state index in [1.54, 1.807) is 19.9 Å². The van der Waals surface area contributed by atoms with Gasteiger partial charge in [0.2, 0.25) is 0 Å². The van der Waals surface area contributed by atoms with Crippen LogP contribution in [0.25, 0.3) is 21.9 Å². The van der Waals surface area contributed by atoms with E-state index in [4.69, 9.17) is 8.83 Å². The summed E-state index contributed by atoms with van der Waals surface area (Å²) in [6.45, 7) is 7.27. The van der Waals surface area contributed by atoms with Crippen LogP contribution in [0.2, 0.25) is 0 Å². The van der Waals surface area contributed by atoms with Crippen molar-refractivity contribution >= 4 is 21.9 Å². The molecular formula is C16H14O4. The molecule has 0 aliphatic heterocycles. The summed E-state index contributed by atoms with van der Waals surface area (Å²) in [6.07, 6.45) is 0. The van der Waals surface area contributed by atoms with Crippen LogP contribution >= 0.6 is 0 Å². The molecule has 20 heavy (non-hydrogen) atoms. The average Bonchev–Trinajstić information content (AvgIpc) is 2.41. The van der Waals surface area contributed by atoms with E-state index in [0.29, 0.717) is 22.3 Å². The Balaban J connectivity index is 2.60. The molecule has 0 fully saturated rings. The van der Waals surface area contributed by atoms with Gasteiger partial charge >= 0.3 is 11.3 Å². The van der Waals surface area contributed by atoms with Crippen molar-refractivity contribution in [3.8, 4) is 0 Å². The first-order valence-electron chi connectivity index (χ1n) is 6.38. The summed E-state index contributed by atoms with van der Waals surface area (Å²) in [4.78, 5) is 23.4. The summed E-state index contributed by atoms with van der Waals surface area (Å²) in [7, 11) is 0. The Morgan fingerprint density at radius 2 is 1.05 bits per heavy atom. The molecule has 0 radical (unpaired) electrons. The standard InChI is InChI=1S/C16H14O4/c1-7-9(3)15(17)19-13-6-14-12(5-11(7)13)8(2)10(4)16(18)20-14/h5-6H,1-4H3. The smallest absolute Gasteiger partial charge is 0.339 e. The lowest BCUT2D eigenvalue weighted by Crippen LogP contribution is -2.07. The van der Waals surface area contributed by atoms with Gasteiger partial charge in [0.25, 0.3) is 0 Å². The van der Waals surface area contributed by atoms with Crippen molar-refractivity contribution in [2.24, 2.45) is 0 Å². The van der Waals surface area contributed by atoms with Gasteiger partial charge in [0, 0.05) is 28.0 Å². The number of rotatable bonds is 0. The maximum Gasteiger partial charge on any atom is 0.339 e.